The summed E-state index contributed by atoms with van der Waals surface area (Å²) in [5, 5.41) is 3.83. The number of hydrogen-bond donors (Lipinski definition) is 1. The number of benzene rings is 2. The summed E-state index contributed by atoms with van der Waals surface area (Å²) < 4.78 is 27.2. The molecule has 1 heterocycles. The van der Waals surface area contributed by atoms with Crippen LogP contribution in [0.4, 0.5) is 5.69 Å². The van der Waals surface area contributed by atoms with Crippen LogP contribution < -0.4 is 5.32 Å². The third-order valence-corrected chi connectivity index (χ3v) is 7.77. The van der Waals surface area contributed by atoms with Crippen LogP contribution in [0.3, 0.4) is 0 Å². The van der Waals surface area contributed by atoms with Gasteiger partial charge in [-0.15, -0.1) is 0 Å². The van der Waals surface area contributed by atoms with E-state index in [1.807, 2.05) is 0 Å². The molecule has 150 valence electrons. The minimum Gasteiger partial charge on any atom is -0.326 e. The number of nitrogens with one attached hydrogen (secondary N) is 1. The molecule has 0 aliphatic carbocycles. The molecule has 2 aromatic carbocycles. The summed E-state index contributed by atoms with van der Waals surface area (Å²) in [6.45, 7) is 0.361. The predicted octanol–water partition coefficient (Wildman–Crippen LogP) is 5.34. The van der Waals surface area contributed by atoms with Gasteiger partial charge in [0.1, 0.15) is 4.90 Å². The van der Waals surface area contributed by atoms with Crippen molar-refractivity contribution in [3.05, 3.63) is 56.5 Å². The highest BCUT2D eigenvalue weighted by molar-refractivity contribution is 7.89. The SMILES string of the molecule is O=C(Nc1ccc(Cl)c(Cl)c1)[C@@H]1CCCN(S(=O)(=O)c2cc(Cl)ccc2Cl)C1. The van der Waals surface area contributed by atoms with E-state index in [0.29, 0.717) is 35.1 Å². The molecule has 1 saturated heterocycles. The Morgan fingerprint density at radius 1 is 1.00 bits per heavy atom. The summed E-state index contributed by atoms with van der Waals surface area (Å²) in [7, 11) is -3.87. The number of carbonyl (C=O) groups is 1. The van der Waals surface area contributed by atoms with Crippen LogP contribution in [0, 0.1) is 5.92 Å². The number of amides is 1. The molecule has 1 atom stereocenters. The van der Waals surface area contributed by atoms with E-state index >= 15 is 0 Å². The van der Waals surface area contributed by atoms with Crippen molar-refractivity contribution in [3.63, 3.8) is 0 Å². The van der Waals surface area contributed by atoms with Crippen molar-refractivity contribution in [2.45, 2.75) is 17.7 Å². The van der Waals surface area contributed by atoms with Gasteiger partial charge in [0.05, 0.1) is 21.0 Å². The highest BCUT2D eigenvalue weighted by atomic mass is 35.5. The largest absolute Gasteiger partial charge is 0.326 e. The summed E-state index contributed by atoms with van der Waals surface area (Å²) in [4.78, 5) is 12.6. The van der Waals surface area contributed by atoms with Crippen molar-refractivity contribution in [3.8, 4) is 0 Å². The Hall–Kier alpha value is -1.02. The Morgan fingerprint density at radius 2 is 1.71 bits per heavy atom. The van der Waals surface area contributed by atoms with Crippen LogP contribution >= 0.6 is 46.4 Å². The fourth-order valence-electron chi connectivity index (χ4n) is 3.01. The summed E-state index contributed by atoms with van der Waals surface area (Å²) in [6, 6.07) is 9.04. The lowest BCUT2D eigenvalue weighted by Gasteiger charge is -2.31. The molecule has 5 nitrogen and oxygen atoms in total. The molecule has 0 unspecified atom stereocenters. The van der Waals surface area contributed by atoms with E-state index in [9.17, 15) is 13.2 Å². The van der Waals surface area contributed by atoms with E-state index in [1.165, 1.54) is 22.5 Å². The Morgan fingerprint density at radius 3 is 2.43 bits per heavy atom. The van der Waals surface area contributed by atoms with Gasteiger partial charge in [0.25, 0.3) is 0 Å². The third kappa shape index (κ3) is 4.75. The smallest absolute Gasteiger partial charge is 0.244 e. The van der Waals surface area contributed by atoms with Crippen molar-refractivity contribution in [1.29, 1.82) is 0 Å². The molecule has 1 amide bonds. The first-order valence-corrected chi connectivity index (χ1v) is 11.3. The number of anilines is 1. The fraction of sp³-hybridized carbons (Fsp3) is 0.278. The summed E-state index contributed by atoms with van der Waals surface area (Å²) in [5.41, 5.74) is 0.497. The van der Waals surface area contributed by atoms with Gasteiger partial charge in [-0.25, -0.2) is 8.42 Å². The van der Waals surface area contributed by atoms with Gasteiger partial charge in [-0.1, -0.05) is 46.4 Å². The van der Waals surface area contributed by atoms with Gasteiger partial charge in [-0.2, -0.15) is 4.31 Å². The van der Waals surface area contributed by atoms with E-state index in [1.54, 1.807) is 18.2 Å². The molecule has 0 saturated carbocycles. The number of piperidine rings is 1. The Labute approximate surface area is 183 Å². The molecule has 10 heteroatoms. The number of rotatable bonds is 4. The molecule has 2 aromatic rings. The lowest BCUT2D eigenvalue weighted by Crippen LogP contribution is -2.43. The Bertz CT molecular complexity index is 1010. The maximum Gasteiger partial charge on any atom is 0.244 e. The van der Waals surface area contributed by atoms with E-state index in [0.717, 1.165) is 0 Å². The second-order valence-corrected chi connectivity index (χ2v) is 9.96. The first-order valence-electron chi connectivity index (χ1n) is 8.39. The fourth-order valence-corrected chi connectivity index (χ4v) is 5.57. The third-order valence-electron chi connectivity index (χ3n) is 4.45. The van der Waals surface area contributed by atoms with E-state index in [-0.39, 0.29) is 27.4 Å². The lowest BCUT2D eigenvalue weighted by atomic mass is 9.99. The molecular formula is C18H16Cl4N2O3S. The molecular weight excluding hydrogens is 466 g/mol. The summed E-state index contributed by atoms with van der Waals surface area (Å²) in [6.07, 6.45) is 1.12. The molecule has 1 N–H and O–H groups in total. The first-order chi connectivity index (χ1) is 13.2. The van der Waals surface area contributed by atoms with Crippen molar-refractivity contribution < 1.29 is 13.2 Å². The van der Waals surface area contributed by atoms with E-state index < -0.39 is 15.9 Å². The van der Waals surface area contributed by atoms with Crippen LogP contribution in [0.1, 0.15) is 12.8 Å². The molecule has 3 rings (SSSR count). The molecule has 0 radical (unpaired) electrons. The molecule has 0 aromatic heterocycles. The second-order valence-electron chi connectivity index (χ2n) is 6.40. The number of hydrogen-bond acceptors (Lipinski definition) is 3. The Kier molecular flexibility index (Phi) is 6.80. The molecule has 1 aliphatic rings. The number of carbonyl (C=O) groups excluding carboxylic acids is 1. The standard InChI is InChI=1S/C18H16Cl4N2O3S/c19-12-3-5-15(21)17(8-12)28(26,27)24-7-1-2-11(10-24)18(25)23-13-4-6-14(20)16(22)9-13/h3-6,8-9,11H,1-2,7,10H2,(H,23,25)/t11-/m1/s1. The van der Waals surface area contributed by atoms with Gasteiger partial charge in [-0.3, -0.25) is 4.79 Å². The van der Waals surface area contributed by atoms with Gasteiger partial charge in [0.15, 0.2) is 0 Å². The molecule has 0 spiro atoms. The van der Waals surface area contributed by atoms with Crippen LogP contribution in [-0.4, -0.2) is 31.7 Å². The van der Waals surface area contributed by atoms with Crippen molar-refractivity contribution in [1.82, 2.24) is 4.31 Å². The zero-order chi connectivity index (χ0) is 20.5. The predicted molar refractivity (Wildman–Crippen MR) is 113 cm³/mol. The van der Waals surface area contributed by atoms with E-state index in [4.69, 9.17) is 46.4 Å². The normalized spacial score (nSPS) is 18.1. The molecule has 1 aliphatic heterocycles. The zero-order valence-corrected chi connectivity index (χ0v) is 18.3. The summed E-state index contributed by atoms with van der Waals surface area (Å²) in [5.74, 6) is -0.786. The van der Waals surface area contributed by atoms with Crippen LogP contribution in [0.15, 0.2) is 41.3 Å². The number of nitrogens with zero attached hydrogens (tertiary/aromatic N) is 1. The van der Waals surface area contributed by atoms with Gasteiger partial charge in [0.2, 0.25) is 15.9 Å². The highest BCUT2D eigenvalue weighted by Gasteiger charge is 2.34. The number of halogens is 4. The van der Waals surface area contributed by atoms with Gasteiger partial charge in [-0.05, 0) is 49.2 Å². The van der Waals surface area contributed by atoms with Crippen molar-refractivity contribution >= 4 is 68.0 Å². The van der Waals surface area contributed by atoms with Crippen LogP contribution in [0.2, 0.25) is 20.1 Å². The Balaban J connectivity index is 1.76. The highest BCUT2D eigenvalue weighted by Crippen LogP contribution is 2.31. The second kappa shape index (κ2) is 8.78. The average molecular weight is 482 g/mol. The van der Waals surface area contributed by atoms with Crippen LogP contribution in [-0.2, 0) is 14.8 Å². The zero-order valence-electron chi connectivity index (χ0n) is 14.5. The topological polar surface area (TPSA) is 66.5 Å². The minimum atomic E-state index is -3.87. The number of sulfonamides is 1. The van der Waals surface area contributed by atoms with Gasteiger partial charge >= 0.3 is 0 Å². The van der Waals surface area contributed by atoms with Gasteiger partial charge < -0.3 is 5.32 Å². The maximum absolute atomic E-state index is 13.0. The van der Waals surface area contributed by atoms with E-state index in [2.05, 4.69) is 5.32 Å². The average Bonchev–Trinajstić information content (AvgIpc) is 2.66. The quantitative estimate of drug-likeness (QED) is 0.640. The minimum absolute atomic E-state index is 0.0539. The van der Waals surface area contributed by atoms with Gasteiger partial charge in [0, 0.05) is 23.8 Å². The molecule has 1 fully saturated rings. The molecule has 0 bridgehead atoms. The lowest BCUT2D eigenvalue weighted by molar-refractivity contribution is -0.120. The first kappa shape index (κ1) is 21.7. The van der Waals surface area contributed by atoms with Crippen molar-refractivity contribution in [2.24, 2.45) is 5.92 Å². The van der Waals surface area contributed by atoms with Crippen LogP contribution in [0.5, 0.6) is 0 Å². The monoisotopic (exact) mass is 480 g/mol. The molecule has 28 heavy (non-hydrogen) atoms. The maximum atomic E-state index is 13.0. The summed E-state index contributed by atoms with van der Waals surface area (Å²) >= 11 is 23.8. The van der Waals surface area contributed by atoms with Crippen LogP contribution in [0.25, 0.3) is 0 Å². The van der Waals surface area contributed by atoms with Crippen molar-refractivity contribution in [2.75, 3.05) is 18.4 Å².